The van der Waals surface area contributed by atoms with Gasteiger partial charge in [-0.2, -0.15) is 0 Å². The Morgan fingerprint density at radius 1 is 0.895 bits per heavy atom. The van der Waals surface area contributed by atoms with Crippen molar-refractivity contribution in [3.8, 4) is 17.1 Å². The number of para-hydroxylation sites is 1. The lowest BCUT2D eigenvalue weighted by Gasteiger charge is -2.24. The van der Waals surface area contributed by atoms with E-state index in [1.807, 2.05) is 55.5 Å². The zero-order valence-corrected chi connectivity index (χ0v) is 20.8. The summed E-state index contributed by atoms with van der Waals surface area (Å²) in [5, 5.41) is 4.97. The van der Waals surface area contributed by atoms with Crippen LogP contribution in [0.3, 0.4) is 0 Å². The van der Waals surface area contributed by atoms with Crippen molar-refractivity contribution in [1.29, 1.82) is 0 Å². The van der Waals surface area contributed by atoms with Crippen molar-refractivity contribution in [2.45, 2.75) is 13.0 Å². The van der Waals surface area contributed by atoms with E-state index in [1.165, 1.54) is 18.6 Å². The van der Waals surface area contributed by atoms with Gasteiger partial charge in [-0.3, -0.25) is 14.2 Å². The van der Waals surface area contributed by atoms with Crippen molar-refractivity contribution in [3.05, 3.63) is 117 Å². The normalized spacial score (nSPS) is 12.1. The lowest BCUT2D eigenvalue weighted by atomic mass is 10.0. The molecular formula is C28H20ClN7O2. The number of fused-ring (bicyclic) bond motifs is 2. The first kappa shape index (κ1) is 23.5. The van der Waals surface area contributed by atoms with E-state index in [-0.39, 0.29) is 11.0 Å². The predicted molar refractivity (Wildman–Crippen MR) is 148 cm³/mol. The predicted octanol–water partition coefficient (Wildman–Crippen LogP) is 4.91. The van der Waals surface area contributed by atoms with Crippen molar-refractivity contribution in [3.63, 3.8) is 0 Å². The zero-order valence-electron chi connectivity index (χ0n) is 20.1. The summed E-state index contributed by atoms with van der Waals surface area (Å²) >= 11 is 7.10. The second kappa shape index (κ2) is 9.53. The van der Waals surface area contributed by atoms with Crippen LogP contribution < -0.4 is 16.3 Å². The van der Waals surface area contributed by atoms with Gasteiger partial charge in [-0.1, -0.05) is 48.0 Å². The first-order valence-corrected chi connectivity index (χ1v) is 12.2. The smallest absolute Gasteiger partial charge is 0.264 e. The van der Waals surface area contributed by atoms with Gasteiger partial charge in [0, 0.05) is 41.3 Å². The fraction of sp³-hybridized carbons (Fsp3) is 0.0714. The van der Waals surface area contributed by atoms with Crippen LogP contribution in [0.25, 0.3) is 38.9 Å². The van der Waals surface area contributed by atoms with Crippen LogP contribution in [0.1, 0.15) is 18.7 Å². The van der Waals surface area contributed by atoms with E-state index in [2.05, 4.69) is 30.2 Å². The lowest BCUT2D eigenvalue weighted by Crippen LogP contribution is -2.27. The highest BCUT2D eigenvalue weighted by molar-refractivity contribution is 6.36. The third-order valence-electron chi connectivity index (χ3n) is 6.32. The second-order valence-corrected chi connectivity index (χ2v) is 9.01. The highest BCUT2D eigenvalue weighted by Crippen LogP contribution is 2.35. The summed E-state index contributed by atoms with van der Waals surface area (Å²) in [5.41, 5.74) is 1.64. The van der Waals surface area contributed by atoms with Crippen molar-refractivity contribution in [2.24, 2.45) is 0 Å². The summed E-state index contributed by atoms with van der Waals surface area (Å²) in [7, 11) is 0. The van der Waals surface area contributed by atoms with Crippen LogP contribution in [-0.4, -0.2) is 29.5 Å². The Hall–Kier alpha value is -4.89. The number of H-pyrrole nitrogens is 1. The number of pyridine rings is 2. The van der Waals surface area contributed by atoms with E-state index in [9.17, 15) is 9.59 Å². The first-order valence-electron chi connectivity index (χ1n) is 11.8. The van der Waals surface area contributed by atoms with Gasteiger partial charge in [0.2, 0.25) is 0 Å². The summed E-state index contributed by atoms with van der Waals surface area (Å²) < 4.78 is 1.59. The molecule has 2 aromatic carbocycles. The molecule has 0 aliphatic rings. The molecule has 2 N–H and O–H groups in total. The van der Waals surface area contributed by atoms with Gasteiger partial charge in [-0.05, 0) is 25.1 Å². The summed E-state index contributed by atoms with van der Waals surface area (Å²) in [6, 6.07) is 17.3. The van der Waals surface area contributed by atoms with Gasteiger partial charge in [0.15, 0.2) is 11.3 Å². The number of hydrogen-bond acceptors (Lipinski definition) is 7. The van der Waals surface area contributed by atoms with E-state index in [4.69, 9.17) is 11.6 Å². The number of aromatic amines is 1. The van der Waals surface area contributed by atoms with Gasteiger partial charge in [0.1, 0.15) is 23.2 Å². The van der Waals surface area contributed by atoms with Crippen LogP contribution in [0, 0.1) is 0 Å². The number of nitrogens with one attached hydrogen (secondary N) is 2. The minimum absolute atomic E-state index is 0.230. The Balaban J connectivity index is 1.62. The molecule has 38 heavy (non-hydrogen) atoms. The molecule has 0 amide bonds. The molecule has 6 rings (SSSR count). The monoisotopic (exact) mass is 521 g/mol. The van der Waals surface area contributed by atoms with E-state index in [0.717, 1.165) is 0 Å². The summed E-state index contributed by atoms with van der Waals surface area (Å²) in [4.78, 5) is 47.1. The Morgan fingerprint density at radius 2 is 1.68 bits per heavy atom. The van der Waals surface area contributed by atoms with Crippen molar-refractivity contribution < 1.29 is 0 Å². The molecule has 1 atom stereocenters. The molecule has 186 valence electrons. The van der Waals surface area contributed by atoms with E-state index >= 15 is 0 Å². The summed E-state index contributed by atoms with van der Waals surface area (Å²) in [5.74, 6) is 0.760. The Labute approximate surface area is 220 Å². The first-order chi connectivity index (χ1) is 18.5. The number of halogens is 1. The number of hydrogen-bond donors (Lipinski definition) is 2. The van der Waals surface area contributed by atoms with Crippen LogP contribution >= 0.6 is 11.6 Å². The molecule has 0 saturated carbocycles. The number of anilines is 1. The number of aromatic nitrogens is 6. The van der Waals surface area contributed by atoms with Crippen LogP contribution in [0.15, 0.2) is 95.2 Å². The van der Waals surface area contributed by atoms with E-state index in [0.29, 0.717) is 55.4 Å². The maximum Gasteiger partial charge on any atom is 0.264 e. The second-order valence-electron chi connectivity index (χ2n) is 8.63. The number of rotatable bonds is 5. The molecule has 0 bridgehead atoms. The summed E-state index contributed by atoms with van der Waals surface area (Å²) in [6.45, 7) is 1.86. The van der Waals surface area contributed by atoms with Crippen molar-refractivity contribution >= 4 is 39.2 Å². The third-order valence-corrected chi connectivity index (χ3v) is 6.71. The molecular weight excluding hydrogens is 502 g/mol. The molecule has 9 nitrogen and oxygen atoms in total. The summed E-state index contributed by atoms with van der Waals surface area (Å²) in [6.07, 6.45) is 6.16. The quantitative estimate of drug-likeness (QED) is 0.331. The maximum atomic E-state index is 14.3. The minimum atomic E-state index is -0.533. The molecule has 4 heterocycles. The van der Waals surface area contributed by atoms with Crippen LogP contribution in [0.5, 0.6) is 0 Å². The number of benzene rings is 2. The van der Waals surface area contributed by atoms with E-state index < -0.39 is 6.04 Å². The topological polar surface area (TPSA) is 118 Å². The molecule has 0 fully saturated rings. The van der Waals surface area contributed by atoms with Gasteiger partial charge in [-0.25, -0.2) is 19.9 Å². The third kappa shape index (κ3) is 3.89. The molecule has 4 aromatic heterocycles. The average Bonchev–Trinajstić information content (AvgIpc) is 2.95. The van der Waals surface area contributed by atoms with E-state index in [1.54, 1.807) is 23.0 Å². The number of nitrogens with zero attached hydrogens (tertiary/aromatic N) is 5. The van der Waals surface area contributed by atoms with Crippen molar-refractivity contribution in [1.82, 2.24) is 29.5 Å². The fourth-order valence-electron chi connectivity index (χ4n) is 4.66. The van der Waals surface area contributed by atoms with Gasteiger partial charge in [-0.15, -0.1) is 0 Å². The molecule has 6 aromatic rings. The lowest BCUT2D eigenvalue weighted by molar-refractivity contribution is 0.774. The molecule has 0 spiro atoms. The Morgan fingerprint density at radius 3 is 2.47 bits per heavy atom. The molecule has 0 unspecified atom stereocenters. The van der Waals surface area contributed by atoms with Crippen molar-refractivity contribution in [2.75, 3.05) is 5.32 Å². The van der Waals surface area contributed by atoms with Gasteiger partial charge in [0.25, 0.3) is 5.56 Å². The van der Waals surface area contributed by atoms with Crippen LogP contribution in [0.4, 0.5) is 5.82 Å². The Kier molecular flexibility index (Phi) is 5.89. The minimum Gasteiger partial charge on any atom is -0.361 e. The highest BCUT2D eigenvalue weighted by Gasteiger charge is 2.24. The largest absolute Gasteiger partial charge is 0.361 e. The van der Waals surface area contributed by atoms with Gasteiger partial charge in [0.05, 0.1) is 22.1 Å². The fourth-order valence-corrected chi connectivity index (χ4v) is 5.06. The standard InChI is InChI=1S/C28H20ClN7O2/c1-16(35-27-22-20(37)11-14-32-26(22)33-15-34-27)24-23(29)18-9-5-10-19(25-30-12-6-13-31-25)21(18)28(38)36(24)17-7-3-2-4-8-17/h2-16H,1H3,(H2,32,33,34,35,37)/t16-/m0/s1. The molecule has 10 heteroatoms. The highest BCUT2D eigenvalue weighted by atomic mass is 35.5. The molecule has 0 aliphatic carbocycles. The molecule has 0 aliphatic heterocycles. The van der Waals surface area contributed by atoms with Gasteiger partial charge < -0.3 is 10.3 Å². The average molecular weight is 522 g/mol. The maximum absolute atomic E-state index is 14.3. The molecule has 0 saturated heterocycles. The van der Waals surface area contributed by atoms with Crippen LogP contribution in [-0.2, 0) is 0 Å². The Bertz CT molecular complexity index is 1920. The van der Waals surface area contributed by atoms with Gasteiger partial charge >= 0.3 is 0 Å². The van der Waals surface area contributed by atoms with Crippen LogP contribution in [0.2, 0.25) is 5.02 Å². The molecule has 0 radical (unpaired) electrons. The zero-order chi connectivity index (χ0) is 26.2. The SMILES string of the molecule is C[C@H](Nc1ncnc2[nH]ccc(=O)c12)c1c(Cl)c2cccc(-c3ncccn3)c2c(=O)n1-c1ccccc1.